The van der Waals surface area contributed by atoms with Gasteiger partial charge in [-0.05, 0) is 55.4 Å². The molecular weight excluding hydrogens is 266 g/mol. The van der Waals surface area contributed by atoms with Crippen LogP contribution >= 0.6 is 0 Å². The lowest BCUT2D eigenvalue weighted by Gasteiger charge is -2.21. The molecule has 114 valence electrons. The Morgan fingerprint density at radius 1 is 1.24 bits per heavy atom. The van der Waals surface area contributed by atoms with Gasteiger partial charge >= 0.3 is 0 Å². The van der Waals surface area contributed by atoms with Crippen LogP contribution in [0.25, 0.3) is 0 Å². The van der Waals surface area contributed by atoms with Gasteiger partial charge in [0.25, 0.3) is 0 Å². The molecule has 4 heteroatoms. The molecular formula is C17H23NO3. The summed E-state index contributed by atoms with van der Waals surface area (Å²) in [6, 6.07) is 6.34. The van der Waals surface area contributed by atoms with Crippen molar-refractivity contribution < 1.29 is 14.3 Å². The lowest BCUT2D eigenvalue weighted by atomic mass is 9.99. The van der Waals surface area contributed by atoms with Crippen LogP contribution in [0.4, 0.5) is 0 Å². The largest absolute Gasteiger partial charge is 0.492 e. The van der Waals surface area contributed by atoms with Gasteiger partial charge in [-0.15, -0.1) is 0 Å². The Hall–Kier alpha value is -1.55. The van der Waals surface area contributed by atoms with Gasteiger partial charge in [0.15, 0.2) is 0 Å². The van der Waals surface area contributed by atoms with Crippen LogP contribution in [0.2, 0.25) is 0 Å². The summed E-state index contributed by atoms with van der Waals surface area (Å²) in [6.07, 6.45) is 5.26. The zero-order valence-corrected chi connectivity index (χ0v) is 12.4. The Morgan fingerprint density at radius 2 is 2.05 bits per heavy atom. The number of hydrogen-bond acceptors (Lipinski definition) is 3. The second-order valence-electron chi connectivity index (χ2n) is 5.81. The molecule has 1 aliphatic carbocycles. The lowest BCUT2D eigenvalue weighted by Crippen LogP contribution is -2.36. The molecule has 1 heterocycles. The number of benzene rings is 1. The van der Waals surface area contributed by atoms with Crippen LogP contribution in [-0.4, -0.2) is 32.3 Å². The van der Waals surface area contributed by atoms with Crippen molar-refractivity contribution in [2.75, 3.05) is 26.4 Å². The molecule has 21 heavy (non-hydrogen) atoms. The third-order valence-corrected chi connectivity index (χ3v) is 4.33. The molecule has 1 amide bonds. The third kappa shape index (κ3) is 3.76. The standard InChI is InChI=1S/C17H23NO3/c19-17(14-6-9-20-10-7-14)18-8-11-21-16-5-4-13-2-1-3-15(13)12-16/h4-5,12,14H,1-3,6-11H2,(H,18,19). The van der Waals surface area contributed by atoms with Crippen molar-refractivity contribution in [2.45, 2.75) is 32.1 Å². The molecule has 0 aromatic heterocycles. The highest BCUT2D eigenvalue weighted by Gasteiger charge is 2.20. The van der Waals surface area contributed by atoms with Gasteiger partial charge in [-0.1, -0.05) is 6.07 Å². The normalized spacial score (nSPS) is 18.3. The van der Waals surface area contributed by atoms with Crippen LogP contribution in [0.15, 0.2) is 18.2 Å². The number of ether oxygens (including phenoxy) is 2. The number of carbonyl (C=O) groups is 1. The van der Waals surface area contributed by atoms with Crippen LogP contribution in [0.5, 0.6) is 5.75 Å². The van der Waals surface area contributed by atoms with Gasteiger partial charge < -0.3 is 14.8 Å². The van der Waals surface area contributed by atoms with E-state index in [9.17, 15) is 4.79 Å². The van der Waals surface area contributed by atoms with Crippen molar-refractivity contribution in [3.63, 3.8) is 0 Å². The van der Waals surface area contributed by atoms with Crippen molar-refractivity contribution in [2.24, 2.45) is 5.92 Å². The van der Waals surface area contributed by atoms with E-state index in [1.54, 1.807) is 0 Å². The summed E-state index contributed by atoms with van der Waals surface area (Å²) in [7, 11) is 0. The Morgan fingerprint density at radius 3 is 2.90 bits per heavy atom. The van der Waals surface area contributed by atoms with Gasteiger partial charge in [0.05, 0.1) is 6.54 Å². The molecule has 1 aromatic rings. The topological polar surface area (TPSA) is 47.6 Å². The van der Waals surface area contributed by atoms with E-state index < -0.39 is 0 Å². The monoisotopic (exact) mass is 289 g/mol. The number of hydrogen-bond donors (Lipinski definition) is 1. The van der Waals surface area contributed by atoms with E-state index in [4.69, 9.17) is 9.47 Å². The fourth-order valence-electron chi connectivity index (χ4n) is 3.09. The highest BCUT2D eigenvalue weighted by Crippen LogP contribution is 2.25. The van der Waals surface area contributed by atoms with Crippen LogP contribution in [0.3, 0.4) is 0 Å². The maximum atomic E-state index is 11.9. The van der Waals surface area contributed by atoms with E-state index >= 15 is 0 Å². The first-order chi connectivity index (χ1) is 10.3. The Kier molecular flexibility index (Phi) is 4.76. The van der Waals surface area contributed by atoms with Gasteiger partial charge in [-0.25, -0.2) is 0 Å². The third-order valence-electron chi connectivity index (χ3n) is 4.33. The molecule has 1 N–H and O–H groups in total. The van der Waals surface area contributed by atoms with Crippen LogP contribution in [-0.2, 0) is 22.4 Å². The smallest absolute Gasteiger partial charge is 0.223 e. The minimum absolute atomic E-state index is 0.110. The first-order valence-corrected chi connectivity index (χ1v) is 7.93. The predicted octanol–water partition coefficient (Wildman–Crippen LogP) is 2.10. The molecule has 1 saturated heterocycles. The van der Waals surface area contributed by atoms with E-state index in [0.717, 1.165) is 25.0 Å². The van der Waals surface area contributed by atoms with Crippen molar-refractivity contribution >= 4 is 5.91 Å². The predicted molar refractivity (Wildman–Crippen MR) is 80.5 cm³/mol. The van der Waals surface area contributed by atoms with Crippen molar-refractivity contribution in [3.8, 4) is 5.75 Å². The molecule has 0 unspecified atom stereocenters. The number of fused-ring (bicyclic) bond motifs is 1. The quantitative estimate of drug-likeness (QED) is 0.844. The highest BCUT2D eigenvalue weighted by atomic mass is 16.5. The Labute approximate surface area is 125 Å². The molecule has 0 bridgehead atoms. The van der Waals surface area contributed by atoms with Gasteiger partial charge in [0, 0.05) is 19.1 Å². The molecule has 0 atom stereocenters. The van der Waals surface area contributed by atoms with E-state index in [0.29, 0.717) is 26.4 Å². The Bertz CT molecular complexity index is 495. The fourth-order valence-corrected chi connectivity index (χ4v) is 3.09. The zero-order valence-electron chi connectivity index (χ0n) is 12.4. The van der Waals surface area contributed by atoms with E-state index in [1.165, 1.54) is 24.0 Å². The molecule has 4 nitrogen and oxygen atoms in total. The second-order valence-corrected chi connectivity index (χ2v) is 5.81. The number of aryl methyl sites for hydroxylation is 2. The van der Waals surface area contributed by atoms with Gasteiger partial charge in [0.2, 0.25) is 5.91 Å². The van der Waals surface area contributed by atoms with Crippen LogP contribution in [0.1, 0.15) is 30.4 Å². The second kappa shape index (κ2) is 6.94. The first kappa shape index (κ1) is 14.4. The van der Waals surface area contributed by atoms with Crippen LogP contribution in [0, 0.1) is 5.92 Å². The first-order valence-electron chi connectivity index (χ1n) is 7.93. The summed E-state index contributed by atoms with van der Waals surface area (Å²) in [5.74, 6) is 1.16. The zero-order chi connectivity index (χ0) is 14.5. The van der Waals surface area contributed by atoms with Crippen molar-refractivity contribution in [1.82, 2.24) is 5.32 Å². The molecule has 0 spiro atoms. The molecule has 2 aliphatic rings. The molecule has 1 aliphatic heterocycles. The summed E-state index contributed by atoms with van der Waals surface area (Å²) in [6.45, 7) is 2.48. The summed E-state index contributed by atoms with van der Waals surface area (Å²) in [5.41, 5.74) is 2.87. The minimum atomic E-state index is 0.110. The van der Waals surface area contributed by atoms with Crippen LogP contribution < -0.4 is 10.1 Å². The molecule has 0 saturated carbocycles. The Balaban J connectivity index is 1.39. The van der Waals surface area contributed by atoms with Crippen molar-refractivity contribution in [1.29, 1.82) is 0 Å². The average molecular weight is 289 g/mol. The molecule has 1 aromatic carbocycles. The maximum absolute atomic E-state index is 11.9. The number of carbonyl (C=O) groups excluding carboxylic acids is 1. The summed E-state index contributed by atoms with van der Waals surface area (Å²) in [5, 5.41) is 2.96. The molecule has 1 fully saturated rings. The summed E-state index contributed by atoms with van der Waals surface area (Å²) >= 11 is 0. The number of nitrogens with one attached hydrogen (secondary N) is 1. The molecule has 0 radical (unpaired) electrons. The minimum Gasteiger partial charge on any atom is -0.492 e. The van der Waals surface area contributed by atoms with Gasteiger partial charge in [0.1, 0.15) is 12.4 Å². The maximum Gasteiger partial charge on any atom is 0.223 e. The van der Waals surface area contributed by atoms with Crippen molar-refractivity contribution in [3.05, 3.63) is 29.3 Å². The lowest BCUT2D eigenvalue weighted by molar-refractivity contribution is -0.127. The average Bonchev–Trinajstić information content (AvgIpc) is 3.00. The number of amides is 1. The fraction of sp³-hybridized carbons (Fsp3) is 0.588. The SMILES string of the molecule is O=C(NCCOc1ccc2c(c1)CCC2)C1CCOCC1. The van der Waals surface area contributed by atoms with E-state index in [-0.39, 0.29) is 11.8 Å². The number of rotatable bonds is 5. The highest BCUT2D eigenvalue weighted by molar-refractivity contribution is 5.78. The van der Waals surface area contributed by atoms with Gasteiger partial charge in [-0.3, -0.25) is 4.79 Å². The summed E-state index contributed by atoms with van der Waals surface area (Å²) in [4.78, 5) is 11.9. The van der Waals surface area contributed by atoms with E-state index in [2.05, 4.69) is 17.4 Å². The molecule has 3 rings (SSSR count). The van der Waals surface area contributed by atoms with Gasteiger partial charge in [-0.2, -0.15) is 0 Å². The van der Waals surface area contributed by atoms with E-state index in [1.807, 2.05) is 6.07 Å². The summed E-state index contributed by atoms with van der Waals surface area (Å²) < 4.78 is 11.0.